The molecule has 0 aliphatic carbocycles. The number of hydrogen-bond acceptors (Lipinski definition) is 6. The Bertz CT molecular complexity index is 810. The van der Waals surface area contributed by atoms with E-state index in [1.54, 1.807) is 26.3 Å². The van der Waals surface area contributed by atoms with Crippen LogP contribution in [0.4, 0.5) is 5.69 Å². The molecule has 1 heterocycles. The standard InChI is InChI=1S/C18H28N4O5S/c1-4-27-15-6-5-13(11-16(15)26-3)22-18(19-2)20-9-7-17(23)21-14-8-10-28(24,25)12-14/h5-6,11,14H,4,7-10,12H2,1-3H3,(H,21,23)(H2,19,20,22). The SMILES string of the molecule is CCOc1ccc(NC(=NC)NCCC(=O)NC2CCS(=O)(=O)C2)cc1OC. The van der Waals surface area contributed by atoms with Crippen LogP contribution in [-0.2, 0) is 14.6 Å². The molecule has 156 valence electrons. The maximum Gasteiger partial charge on any atom is 0.222 e. The Morgan fingerprint density at radius 2 is 2.11 bits per heavy atom. The Kier molecular flexibility index (Phi) is 7.91. The molecule has 1 atom stereocenters. The molecule has 1 aliphatic heterocycles. The van der Waals surface area contributed by atoms with Gasteiger partial charge in [-0.05, 0) is 25.5 Å². The topological polar surface area (TPSA) is 118 Å². The second-order valence-corrected chi connectivity index (χ2v) is 8.57. The fraction of sp³-hybridized carbons (Fsp3) is 0.556. The van der Waals surface area contributed by atoms with Gasteiger partial charge in [-0.3, -0.25) is 9.79 Å². The first-order chi connectivity index (χ1) is 13.4. The molecule has 1 saturated heterocycles. The van der Waals surface area contributed by atoms with E-state index in [9.17, 15) is 13.2 Å². The third kappa shape index (κ3) is 6.59. The lowest BCUT2D eigenvalue weighted by molar-refractivity contribution is -0.121. The second-order valence-electron chi connectivity index (χ2n) is 6.34. The Morgan fingerprint density at radius 3 is 2.71 bits per heavy atom. The molecule has 1 aromatic carbocycles. The number of aliphatic imine (C=N–C) groups is 1. The highest BCUT2D eigenvalue weighted by atomic mass is 32.2. The smallest absolute Gasteiger partial charge is 0.222 e. The average molecular weight is 413 g/mol. The van der Waals surface area contributed by atoms with E-state index < -0.39 is 9.84 Å². The molecule has 0 spiro atoms. The van der Waals surface area contributed by atoms with Crippen LogP contribution in [-0.4, -0.2) is 65.1 Å². The summed E-state index contributed by atoms with van der Waals surface area (Å²) < 4.78 is 33.7. The number of nitrogens with zero attached hydrogens (tertiary/aromatic N) is 1. The number of hydrogen-bond donors (Lipinski definition) is 3. The molecule has 1 aromatic rings. The first-order valence-corrected chi connectivity index (χ1v) is 11.0. The molecule has 3 N–H and O–H groups in total. The Labute approximate surface area is 165 Å². The van der Waals surface area contributed by atoms with E-state index in [1.165, 1.54) is 0 Å². The first kappa shape index (κ1) is 21.8. The molecule has 9 nitrogen and oxygen atoms in total. The maximum absolute atomic E-state index is 12.0. The summed E-state index contributed by atoms with van der Waals surface area (Å²) in [5, 5.41) is 8.94. The van der Waals surface area contributed by atoms with E-state index in [2.05, 4.69) is 20.9 Å². The minimum atomic E-state index is -3.00. The van der Waals surface area contributed by atoms with Crippen LogP contribution in [0.5, 0.6) is 11.5 Å². The molecule has 0 radical (unpaired) electrons. The molecule has 1 aliphatic rings. The fourth-order valence-corrected chi connectivity index (χ4v) is 4.51. The zero-order valence-electron chi connectivity index (χ0n) is 16.4. The predicted octanol–water partition coefficient (Wildman–Crippen LogP) is 0.775. The van der Waals surface area contributed by atoms with Gasteiger partial charge in [-0.2, -0.15) is 0 Å². The van der Waals surface area contributed by atoms with Crippen LogP contribution >= 0.6 is 0 Å². The summed E-state index contributed by atoms with van der Waals surface area (Å²) in [6.07, 6.45) is 0.689. The van der Waals surface area contributed by atoms with Crippen molar-refractivity contribution in [3.8, 4) is 11.5 Å². The van der Waals surface area contributed by atoms with Crippen molar-refractivity contribution in [2.45, 2.75) is 25.8 Å². The zero-order valence-corrected chi connectivity index (χ0v) is 17.3. The number of ether oxygens (including phenoxy) is 2. The number of benzene rings is 1. The van der Waals surface area contributed by atoms with Crippen molar-refractivity contribution < 1.29 is 22.7 Å². The lowest BCUT2D eigenvalue weighted by atomic mass is 10.2. The summed E-state index contributed by atoms with van der Waals surface area (Å²) in [5.41, 5.74) is 0.758. The summed E-state index contributed by atoms with van der Waals surface area (Å²) in [7, 11) is 0.197. The first-order valence-electron chi connectivity index (χ1n) is 9.15. The van der Waals surface area contributed by atoms with Crippen molar-refractivity contribution in [1.82, 2.24) is 10.6 Å². The summed E-state index contributed by atoms with van der Waals surface area (Å²) in [4.78, 5) is 16.1. The van der Waals surface area contributed by atoms with E-state index in [1.807, 2.05) is 13.0 Å². The lowest BCUT2D eigenvalue weighted by Crippen LogP contribution is -2.38. The highest BCUT2D eigenvalue weighted by Gasteiger charge is 2.28. The van der Waals surface area contributed by atoms with E-state index in [4.69, 9.17) is 9.47 Å². The van der Waals surface area contributed by atoms with Crippen LogP contribution in [0, 0.1) is 0 Å². The van der Waals surface area contributed by atoms with Gasteiger partial charge in [-0.25, -0.2) is 8.42 Å². The van der Waals surface area contributed by atoms with Gasteiger partial charge in [-0.15, -0.1) is 0 Å². The van der Waals surface area contributed by atoms with Crippen molar-refractivity contribution in [2.24, 2.45) is 4.99 Å². The number of amides is 1. The van der Waals surface area contributed by atoms with Crippen LogP contribution in [0.25, 0.3) is 0 Å². The van der Waals surface area contributed by atoms with Crippen molar-refractivity contribution in [1.29, 1.82) is 0 Å². The molecule has 10 heteroatoms. The average Bonchev–Trinajstić information content (AvgIpc) is 3.00. The molecule has 1 fully saturated rings. The van der Waals surface area contributed by atoms with Crippen molar-refractivity contribution in [2.75, 3.05) is 44.1 Å². The summed E-state index contributed by atoms with van der Waals surface area (Å²) in [6, 6.07) is 5.16. The summed E-state index contributed by atoms with van der Waals surface area (Å²) >= 11 is 0. The van der Waals surface area contributed by atoms with Gasteiger partial charge in [0.05, 0.1) is 25.2 Å². The van der Waals surface area contributed by atoms with Gasteiger partial charge in [0.25, 0.3) is 0 Å². The zero-order chi connectivity index (χ0) is 20.6. The minimum Gasteiger partial charge on any atom is -0.493 e. The predicted molar refractivity (Wildman–Crippen MR) is 109 cm³/mol. The molecule has 28 heavy (non-hydrogen) atoms. The van der Waals surface area contributed by atoms with Crippen LogP contribution in [0.2, 0.25) is 0 Å². The summed E-state index contributed by atoms with van der Waals surface area (Å²) in [6.45, 7) is 2.81. The molecule has 0 aromatic heterocycles. The number of methoxy groups -OCH3 is 1. The van der Waals surface area contributed by atoms with Gasteiger partial charge in [0.15, 0.2) is 27.3 Å². The van der Waals surface area contributed by atoms with Gasteiger partial charge in [-0.1, -0.05) is 0 Å². The molecule has 0 bridgehead atoms. The second kappa shape index (κ2) is 10.2. The van der Waals surface area contributed by atoms with Crippen LogP contribution in [0.15, 0.2) is 23.2 Å². The van der Waals surface area contributed by atoms with Gasteiger partial charge >= 0.3 is 0 Å². The van der Waals surface area contributed by atoms with Crippen LogP contribution < -0.4 is 25.4 Å². The third-order valence-electron chi connectivity index (χ3n) is 4.19. The van der Waals surface area contributed by atoms with Crippen LogP contribution in [0.3, 0.4) is 0 Å². The van der Waals surface area contributed by atoms with E-state index >= 15 is 0 Å². The Balaban J connectivity index is 1.80. The molecule has 1 unspecified atom stereocenters. The van der Waals surface area contributed by atoms with Gasteiger partial charge in [0.2, 0.25) is 5.91 Å². The fourth-order valence-electron chi connectivity index (χ4n) is 2.84. The third-order valence-corrected chi connectivity index (χ3v) is 5.96. The number of carbonyl (C=O) groups is 1. The number of carbonyl (C=O) groups excluding carboxylic acids is 1. The molecular formula is C18H28N4O5S. The van der Waals surface area contributed by atoms with E-state index in [0.29, 0.717) is 37.0 Å². The van der Waals surface area contributed by atoms with E-state index in [-0.39, 0.29) is 29.9 Å². The normalized spacial score (nSPS) is 18.4. The lowest BCUT2D eigenvalue weighted by Gasteiger charge is -2.15. The number of rotatable bonds is 8. The summed E-state index contributed by atoms with van der Waals surface area (Å²) in [5.74, 6) is 1.74. The quantitative estimate of drug-likeness (QED) is 0.426. The molecular weight excluding hydrogens is 384 g/mol. The maximum atomic E-state index is 12.0. The monoisotopic (exact) mass is 412 g/mol. The van der Waals surface area contributed by atoms with Gasteiger partial charge < -0.3 is 25.4 Å². The minimum absolute atomic E-state index is 0.0228. The van der Waals surface area contributed by atoms with Gasteiger partial charge in [0, 0.05) is 37.8 Å². The van der Waals surface area contributed by atoms with Crippen LogP contribution in [0.1, 0.15) is 19.8 Å². The number of nitrogens with one attached hydrogen (secondary N) is 3. The number of anilines is 1. The molecule has 2 rings (SSSR count). The molecule has 1 amide bonds. The van der Waals surface area contributed by atoms with Gasteiger partial charge in [0.1, 0.15) is 0 Å². The van der Waals surface area contributed by atoms with Crippen molar-refractivity contribution in [3.63, 3.8) is 0 Å². The van der Waals surface area contributed by atoms with Crippen molar-refractivity contribution in [3.05, 3.63) is 18.2 Å². The Hall–Kier alpha value is -2.49. The number of sulfone groups is 1. The highest BCUT2D eigenvalue weighted by Crippen LogP contribution is 2.30. The van der Waals surface area contributed by atoms with Crippen molar-refractivity contribution >= 4 is 27.4 Å². The Morgan fingerprint density at radius 1 is 1.32 bits per heavy atom. The highest BCUT2D eigenvalue weighted by molar-refractivity contribution is 7.91. The molecule has 0 saturated carbocycles. The largest absolute Gasteiger partial charge is 0.493 e. The van der Waals surface area contributed by atoms with E-state index in [0.717, 1.165) is 5.69 Å². The number of guanidine groups is 1.